The van der Waals surface area contributed by atoms with Crippen molar-refractivity contribution in [3.05, 3.63) is 29.8 Å². The second-order valence-electron chi connectivity index (χ2n) is 4.38. The van der Waals surface area contributed by atoms with E-state index >= 15 is 0 Å². The smallest absolute Gasteiger partial charge is 0.253 e. The number of carbonyl (C=O) groups excluding carboxylic acids is 1. The maximum atomic E-state index is 12.2. The van der Waals surface area contributed by atoms with Crippen molar-refractivity contribution in [3.8, 4) is 0 Å². The van der Waals surface area contributed by atoms with Crippen molar-refractivity contribution in [2.24, 2.45) is 5.73 Å². The average molecular weight is 287 g/mol. The molecule has 0 saturated carbocycles. The lowest BCUT2D eigenvalue weighted by Gasteiger charge is -2.30. The Morgan fingerprint density at radius 2 is 2.06 bits per heavy atom. The molecular formula is C13H19ClN2OS. The van der Waals surface area contributed by atoms with E-state index in [1.54, 1.807) is 11.8 Å². The molecular weight excluding hydrogens is 268 g/mol. The molecule has 5 heteroatoms. The molecule has 3 nitrogen and oxygen atoms in total. The Kier molecular flexibility index (Phi) is 5.99. The second-order valence-corrected chi connectivity index (χ2v) is 5.26. The van der Waals surface area contributed by atoms with Crippen LogP contribution in [-0.4, -0.2) is 36.2 Å². The number of benzene rings is 1. The fourth-order valence-electron chi connectivity index (χ4n) is 2.11. The standard InChI is InChI=1S/C13H18N2OS.ClH/c1-17-12-6-4-10(5-7-12)13(16)15-8-2-3-11(14)9-15;/h4-7,11H,2-3,8-9,14H2,1H3;1H. The van der Waals surface area contributed by atoms with Gasteiger partial charge in [0.2, 0.25) is 0 Å². The zero-order valence-corrected chi connectivity index (χ0v) is 12.1. The molecule has 1 fully saturated rings. The lowest BCUT2D eigenvalue weighted by atomic mass is 10.1. The predicted octanol–water partition coefficient (Wildman–Crippen LogP) is 2.39. The van der Waals surface area contributed by atoms with Crippen molar-refractivity contribution in [2.45, 2.75) is 23.8 Å². The molecule has 0 bridgehead atoms. The summed E-state index contributed by atoms with van der Waals surface area (Å²) < 4.78 is 0. The van der Waals surface area contributed by atoms with Gasteiger partial charge in [-0.3, -0.25) is 4.79 Å². The Hall–Kier alpha value is -0.710. The summed E-state index contributed by atoms with van der Waals surface area (Å²) in [6, 6.07) is 7.91. The van der Waals surface area contributed by atoms with E-state index in [2.05, 4.69) is 0 Å². The summed E-state index contributed by atoms with van der Waals surface area (Å²) in [5.74, 6) is 0.104. The third kappa shape index (κ3) is 3.64. The number of amides is 1. The number of nitrogens with zero attached hydrogens (tertiary/aromatic N) is 1. The first kappa shape index (κ1) is 15.3. The molecule has 2 N–H and O–H groups in total. The normalized spacial score (nSPS) is 19.2. The van der Waals surface area contributed by atoms with Crippen LogP contribution in [-0.2, 0) is 0 Å². The molecule has 0 aliphatic carbocycles. The molecule has 1 aromatic rings. The number of piperidine rings is 1. The highest BCUT2D eigenvalue weighted by atomic mass is 35.5. The molecule has 0 aromatic heterocycles. The van der Waals surface area contributed by atoms with Crippen LogP contribution in [0.5, 0.6) is 0 Å². The van der Waals surface area contributed by atoms with Gasteiger partial charge in [0.15, 0.2) is 0 Å². The van der Waals surface area contributed by atoms with E-state index in [-0.39, 0.29) is 24.4 Å². The van der Waals surface area contributed by atoms with Gasteiger partial charge in [0.1, 0.15) is 0 Å². The predicted molar refractivity (Wildman–Crippen MR) is 78.6 cm³/mol. The molecule has 0 spiro atoms. The molecule has 1 aromatic carbocycles. The molecule has 1 amide bonds. The second kappa shape index (κ2) is 7.02. The zero-order valence-electron chi connectivity index (χ0n) is 10.5. The Labute approximate surface area is 119 Å². The minimum atomic E-state index is 0. The highest BCUT2D eigenvalue weighted by molar-refractivity contribution is 7.98. The van der Waals surface area contributed by atoms with Gasteiger partial charge in [0.25, 0.3) is 5.91 Å². The quantitative estimate of drug-likeness (QED) is 0.849. The van der Waals surface area contributed by atoms with Gasteiger partial charge >= 0.3 is 0 Å². The van der Waals surface area contributed by atoms with Gasteiger partial charge in [-0.25, -0.2) is 0 Å². The first-order chi connectivity index (χ1) is 8.20. The van der Waals surface area contributed by atoms with Crippen LogP contribution >= 0.6 is 24.2 Å². The molecule has 100 valence electrons. The largest absolute Gasteiger partial charge is 0.337 e. The van der Waals surface area contributed by atoms with E-state index in [0.717, 1.165) is 24.9 Å². The van der Waals surface area contributed by atoms with E-state index < -0.39 is 0 Å². The molecule has 1 unspecified atom stereocenters. The number of hydrogen-bond donors (Lipinski definition) is 1. The molecule has 0 radical (unpaired) electrons. The van der Waals surface area contributed by atoms with Crippen molar-refractivity contribution < 1.29 is 4.79 Å². The van der Waals surface area contributed by atoms with Gasteiger partial charge < -0.3 is 10.6 Å². The summed E-state index contributed by atoms with van der Waals surface area (Å²) in [5, 5.41) is 0. The third-order valence-electron chi connectivity index (χ3n) is 3.08. The summed E-state index contributed by atoms with van der Waals surface area (Å²) in [6.45, 7) is 1.51. The zero-order chi connectivity index (χ0) is 12.3. The van der Waals surface area contributed by atoms with Crippen LogP contribution in [0, 0.1) is 0 Å². The van der Waals surface area contributed by atoms with Crippen LogP contribution in [0.3, 0.4) is 0 Å². The number of halogens is 1. The molecule has 2 rings (SSSR count). The number of thioether (sulfide) groups is 1. The van der Waals surface area contributed by atoms with Crippen LogP contribution in [0.25, 0.3) is 0 Å². The summed E-state index contributed by atoms with van der Waals surface area (Å²) in [5.41, 5.74) is 6.65. The van der Waals surface area contributed by atoms with Gasteiger partial charge in [0.05, 0.1) is 0 Å². The van der Waals surface area contributed by atoms with Crippen molar-refractivity contribution in [1.29, 1.82) is 0 Å². The number of nitrogens with two attached hydrogens (primary N) is 1. The minimum Gasteiger partial charge on any atom is -0.337 e. The molecule has 1 saturated heterocycles. The van der Waals surface area contributed by atoms with Gasteiger partial charge in [-0.05, 0) is 43.4 Å². The van der Waals surface area contributed by atoms with Crippen LogP contribution < -0.4 is 5.73 Å². The highest BCUT2D eigenvalue weighted by Crippen LogP contribution is 2.17. The molecule has 1 heterocycles. The lowest BCUT2D eigenvalue weighted by Crippen LogP contribution is -2.45. The van der Waals surface area contributed by atoms with Crippen molar-refractivity contribution in [1.82, 2.24) is 4.90 Å². The van der Waals surface area contributed by atoms with Crippen molar-refractivity contribution in [2.75, 3.05) is 19.3 Å². The number of rotatable bonds is 2. The van der Waals surface area contributed by atoms with Crippen LogP contribution in [0.15, 0.2) is 29.2 Å². The minimum absolute atomic E-state index is 0. The first-order valence-electron chi connectivity index (χ1n) is 5.89. The van der Waals surface area contributed by atoms with Crippen molar-refractivity contribution >= 4 is 30.1 Å². The molecule has 1 atom stereocenters. The Bertz CT molecular complexity index is 396. The summed E-state index contributed by atoms with van der Waals surface area (Å²) >= 11 is 1.68. The van der Waals surface area contributed by atoms with E-state index in [0.29, 0.717) is 6.54 Å². The van der Waals surface area contributed by atoms with Crippen LogP contribution in [0.1, 0.15) is 23.2 Å². The van der Waals surface area contributed by atoms with E-state index in [1.807, 2.05) is 35.4 Å². The van der Waals surface area contributed by atoms with E-state index in [1.165, 1.54) is 4.90 Å². The first-order valence-corrected chi connectivity index (χ1v) is 7.12. The highest BCUT2D eigenvalue weighted by Gasteiger charge is 2.21. The van der Waals surface area contributed by atoms with E-state index in [9.17, 15) is 4.79 Å². The Morgan fingerprint density at radius 3 is 2.61 bits per heavy atom. The van der Waals surface area contributed by atoms with Gasteiger partial charge in [0, 0.05) is 29.6 Å². The number of hydrogen-bond acceptors (Lipinski definition) is 3. The summed E-state index contributed by atoms with van der Waals surface area (Å²) in [6.07, 6.45) is 4.06. The Balaban J connectivity index is 0.00000162. The maximum absolute atomic E-state index is 12.2. The molecule has 1 aliphatic heterocycles. The van der Waals surface area contributed by atoms with Gasteiger partial charge in [-0.15, -0.1) is 24.2 Å². The SMILES string of the molecule is CSc1ccc(C(=O)N2CCCC(N)C2)cc1.Cl. The summed E-state index contributed by atoms with van der Waals surface area (Å²) in [4.78, 5) is 15.2. The monoisotopic (exact) mass is 286 g/mol. The van der Waals surface area contributed by atoms with E-state index in [4.69, 9.17) is 5.73 Å². The average Bonchev–Trinajstić information content (AvgIpc) is 2.38. The fraction of sp³-hybridized carbons (Fsp3) is 0.462. The van der Waals surface area contributed by atoms with Crippen molar-refractivity contribution in [3.63, 3.8) is 0 Å². The number of likely N-dealkylation sites (tertiary alicyclic amines) is 1. The lowest BCUT2D eigenvalue weighted by molar-refractivity contribution is 0.0709. The third-order valence-corrected chi connectivity index (χ3v) is 3.83. The number of carbonyl (C=O) groups is 1. The van der Waals surface area contributed by atoms with Crippen LogP contribution in [0.2, 0.25) is 0 Å². The topological polar surface area (TPSA) is 46.3 Å². The fourth-order valence-corrected chi connectivity index (χ4v) is 2.52. The maximum Gasteiger partial charge on any atom is 0.253 e. The van der Waals surface area contributed by atoms with Gasteiger partial charge in [-0.2, -0.15) is 0 Å². The Morgan fingerprint density at radius 1 is 1.39 bits per heavy atom. The molecule has 18 heavy (non-hydrogen) atoms. The van der Waals surface area contributed by atoms with Gasteiger partial charge in [-0.1, -0.05) is 0 Å². The van der Waals surface area contributed by atoms with Crippen LogP contribution in [0.4, 0.5) is 0 Å². The summed E-state index contributed by atoms with van der Waals surface area (Å²) in [7, 11) is 0. The molecule has 1 aliphatic rings.